The van der Waals surface area contributed by atoms with Crippen LogP contribution in [0.15, 0.2) is 76.4 Å². The quantitative estimate of drug-likeness (QED) is 0.345. The highest BCUT2D eigenvalue weighted by Gasteiger charge is 2.45. The van der Waals surface area contributed by atoms with Crippen LogP contribution in [0.25, 0.3) is 11.1 Å². The predicted octanol–water partition coefficient (Wildman–Crippen LogP) is 0.454. The minimum Gasteiger partial charge on any atom is -0.387 e. The van der Waals surface area contributed by atoms with Crippen LogP contribution in [0.5, 0.6) is 0 Å². The molecule has 4 N–H and O–H groups in total. The molecule has 0 bridgehead atoms. The number of aliphatic hydroxyl groups is 2. The van der Waals surface area contributed by atoms with E-state index in [1.54, 1.807) is 6.07 Å². The number of hydrogen-bond acceptors (Lipinski definition) is 7. The second kappa shape index (κ2) is 9.77. The summed E-state index contributed by atoms with van der Waals surface area (Å²) in [4.78, 5) is 43.3. The van der Waals surface area contributed by atoms with E-state index in [9.17, 15) is 24.4 Å². The summed E-state index contributed by atoms with van der Waals surface area (Å²) in [7, 11) is -4.83. The van der Waals surface area contributed by atoms with Crippen LogP contribution in [0.1, 0.15) is 11.8 Å². The highest BCUT2D eigenvalue weighted by atomic mass is 31.2. The van der Waals surface area contributed by atoms with Gasteiger partial charge in [-0.15, -0.1) is 0 Å². The first-order valence-corrected chi connectivity index (χ1v) is 11.8. The van der Waals surface area contributed by atoms with Gasteiger partial charge in [-0.1, -0.05) is 48.5 Å². The van der Waals surface area contributed by atoms with Crippen molar-refractivity contribution in [1.82, 2.24) is 9.13 Å². The third-order valence-corrected chi connectivity index (χ3v) is 5.97. The summed E-state index contributed by atoms with van der Waals surface area (Å²) in [6.45, 7) is -0.755. The summed E-state index contributed by atoms with van der Waals surface area (Å²) < 4.78 is 22.6. The van der Waals surface area contributed by atoms with Gasteiger partial charge in [0.05, 0.1) is 13.2 Å². The summed E-state index contributed by atoms with van der Waals surface area (Å²) in [6, 6.07) is 18.1. The molecule has 1 saturated heterocycles. The summed E-state index contributed by atoms with van der Waals surface area (Å²) in [6.07, 6.45) is -4.74. The Kier molecular flexibility index (Phi) is 6.96. The number of phosphoric ester groups is 1. The first kappa shape index (κ1) is 24.2. The molecule has 2 heterocycles. The van der Waals surface area contributed by atoms with Crippen LogP contribution in [0.2, 0.25) is 0 Å². The highest BCUT2D eigenvalue weighted by Crippen LogP contribution is 2.38. The average Bonchev–Trinajstić information content (AvgIpc) is 3.09. The Labute approximate surface area is 193 Å². The van der Waals surface area contributed by atoms with Crippen molar-refractivity contribution in [3.63, 3.8) is 0 Å². The predicted molar refractivity (Wildman–Crippen MR) is 120 cm³/mol. The zero-order valence-corrected chi connectivity index (χ0v) is 18.6. The molecule has 0 spiro atoms. The van der Waals surface area contributed by atoms with E-state index in [-0.39, 0.29) is 6.54 Å². The fraction of sp³-hybridized carbons (Fsp3) is 0.273. The van der Waals surface area contributed by atoms with Crippen LogP contribution in [0.4, 0.5) is 0 Å². The lowest BCUT2D eigenvalue weighted by atomic mass is 10.0. The molecule has 1 aliphatic rings. The van der Waals surface area contributed by atoms with E-state index in [0.717, 1.165) is 32.5 Å². The molecular formula is C22H23N2O9P. The first-order chi connectivity index (χ1) is 16.1. The van der Waals surface area contributed by atoms with E-state index in [1.165, 1.54) is 0 Å². The maximum absolute atomic E-state index is 13.1. The Balaban J connectivity index is 1.60. The summed E-state index contributed by atoms with van der Waals surface area (Å²) in [5.74, 6) is 0. The Morgan fingerprint density at radius 2 is 1.65 bits per heavy atom. The second-order valence-electron chi connectivity index (χ2n) is 7.83. The van der Waals surface area contributed by atoms with Crippen LogP contribution in [-0.4, -0.2) is 54.1 Å². The van der Waals surface area contributed by atoms with Crippen molar-refractivity contribution in [1.29, 1.82) is 0 Å². The standard InChI is InChI=1S/C22H23N2O9P/c25-18-9-10-23(21-20(27)19(26)17(33-21)13-32-34(29,30)31)22(28)24(18)12-14-5-4-8-16(11-14)15-6-2-1-3-7-15/h1-11,17,19-21,26-27H,12-13H2,(H2,29,30,31)/t17-,19?,20?,21-/m1/s1. The molecule has 1 fully saturated rings. The van der Waals surface area contributed by atoms with Crippen LogP contribution in [0.3, 0.4) is 0 Å². The zero-order chi connectivity index (χ0) is 24.5. The first-order valence-electron chi connectivity index (χ1n) is 10.3. The fourth-order valence-electron chi connectivity index (χ4n) is 3.80. The van der Waals surface area contributed by atoms with Crippen molar-refractivity contribution >= 4 is 7.82 Å². The molecule has 12 heteroatoms. The number of rotatable bonds is 7. The van der Waals surface area contributed by atoms with E-state index in [1.807, 2.05) is 48.5 Å². The molecule has 11 nitrogen and oxygen atoms in total. The monoisotopic (exact) mass is 490 g/mol. The molecule has 2 aromatic carbocycles. The minimum absolute atomic E-state index is 0.0463. The third-order valence-electron chi connectivity index (χ3n) is 5.49. The molecule has 0 radical (unpaired) electrons. The van der Waals surface area contributed by atoms with Crippen LogP contribution >= 0.6 is 7.82 Å². The third kappa shape index (κ3) is 5.26. The van der Waals surface area contributed by atoms with Gasteiger partial charge in [-0.3, -0.25) is 18.5 Å². The van der Waals surface area contributed by atoms with E-state index in [0.29, 0.717) is 5.56 Å². The zero-order valence-electron chi connectivity index (χ0n) is 17.7. The van der Waals surface area contributed by atoms with Crippen LogP contribution in [-0.2, 0) is 20.4 Å². The normalized spacial score (nSPS) is 22.7. The largest absolute Gasteiger partial charge is 0.469 e. The number of aromatic nitrogens is 2. The van der Waals surface area contributed by atoms with Gasteiger partial charge in [-0.2, -0.15) is 0 Å². The number of phosphoric acid groups is 1. The van der Waals surface area contributed by atoms with Crippen molar-refractivity contribution in [2.45, 2.75) is 31.1 Å². The van der Waals surface area contributed by atoms with Gasteiger partial charge < -0.3 is 24.7 Å². The van der Waals surface area contributed by atoms with Gasteiger partial charge in [0.2, 0.25) is 0 Å². The van der Waals surface area contributed by atoms with Gasteiger partial charge in [0, 0.05) is 12.3 Å². The van der Waals surface area contributed by atoms with Crippen molar-refractivity contribution in [2.24, 2.45) is 0 Å². The van der Waals surface area contributed by atoms with Crippen molar-refractivity contribution < 1.29 is 33.8 Å². The Bertz CT molecular complexity index is 1320. The molecule has 1 aliphatic heterocycles. The average molecular weight is 490 g/mol. The van der Waals surface area contributed by atoms with Gasteiger partial charge in [0.1, 0.15) is 18.3 Å². The van der Waals surface area contributed by atoms with E-state index < -0.39 is 50.2 Å². The van der Waals surface area contributed by atoms with Gasteiger partial charge in [0.15, 0.2) is 6.23 Å². The number of nitrogens with zero attached hydrogens (tertiary/aromatic N) is 2. The smallest absolute Gasteiger partial charge is 0.387 e. The van der Waals surface area contributed by atoms with Crippen molar-refractivity contribution in [3.8, 4) is 11.1 Å². The van der Waals surface area contributed by atoms with Gasteiger partial charge in [-0.05, 0) is 22.8 Å². The minimum atomic E-state index is -4.83. The van der Waals surface area contributed by atoms with Gasteiger partial charge >= 0.3 is 13.5 Å². The Morgan fingerprint density at radius 3 is 2.35 bits per heavy atom. The highest BCUT2D eigenvalue weighted by molar-refractivity contribution is 7.46. The number of benzene rings is 2. The number of ether oxygens (including phenoxy) is 1. The second-order valence-corrected chi connectivity index (χ2v) is 9.07. The van der Waals surface area contributed by atoms with E-state index in [4.69, 9.17) is 14.5 Å². The molecule has 1 aromatic heterocycles. The number of aliphatic hydroxyl groups excluding tert-OH is 2. The lowest BCUT2D eigenvalue weighted by Gasteiger charge is -2.19. The SMILES string of the molecule is O=c1ccn([C@@H]2O[C@H](COP(=O)(O)O)C(O)C2O)c(=O)n1Cc1cccc(-c2ccccc2)c1. The Hall–Kier alpha value is -2.89. The molecule has 0 aliphatic carbocycles. The van der Waals surface area contributed by atoms with Gasteiger partial charge in [-0.25, -0.2) is 9.36 Å². The maximum atomic E-state index is 13.1. The molecule has 34 heavy (non-hydrogen) atoms. The van der Waals surface area contributed by atoms with Crippen LogP contribution < -0.4 is 11.2 Å². The fourth-order valence-corrected chi connectivity index (χ4v) is 4.14. The molecule has 4 atom stereocenters. The molecule has 0 amide bonds. The lowest BCUT2D eigenvalue weighted by Crippen LogP contribution is -2.43. The van der Waals surface area contributed by atoms with E-state index >= 15 is 0 Å². The summed E-state index contributed by atoms with van der Waals surface area (Å²) in [5, 5.41) is 20.6. The molecular weight excluding hydrogens is 467 g/mol. The molecule has 4 rings (SSSR count). The van der Waals surface area contributed by atoms with Crippen LogP contribution in [0, 0.1) is 0 Å². The van der Waals surface area contributed by atoms with Gasteiger partial charge in [0.25, 0.3) is 5.56 Å². The lowest BCUT2D eigenvalue weighted by molar-refractivity contribution is -0.0548. The summed E-state index contributed by atoms with van der Waals surface area (Å²) in [5.41, 5.74) is 1.22. The molecule has 3 aromatic rings. The van der Waals surface area contributed by atoms with Crippen molar-refractivity contribution in [2.75, 3.05) is 6.61 Å². The molecule has 180 valence electrons. The number of hydrogen-bond donors (Lipinski definition) is 4. The molecule has 2 unspecified atom stereocenters. The summed E-state index contributed by atoms with van der Waals surface area (Å²) >= 11 is 0. The topological polar surface area (TPSA) is 160 Å². The van der Waals surface area contributed by atoms with Crippen molar-refractivity contribution in [3.05, 3.63) is 93.3 Å². The maximum Gasteiger partial charge on any atom is 0.469 e. The Morgan fingerprint density at radius 1 is 0.941 bits per heavy atom. The molecule has 0 saturated carbocycles. The van der Waals surface area contributed by atoms with E-state index in [2.05, 4.69) is 4.52 Å².